The summed E-state index contributed by atoms with van der Waals surface area (Å²) in [6.07, 6.45) is 12.8. The highest BCUT2D eigenvalue weighted by Crippen LogP contribution is 2.40. The van der Waals surface area contributed by atoms with Gasteiger partial charge in [0.2, 0.25) is 0 Å². The van der Waals surface area contributed by atoms with Crippen molar-refractivity contribution in [2.24, 2.45) is 11.8 Å². The van der Waals surface area contributed by atoms with Gasteiger partial charge in [-0.25, -0.2) is 0 Å². The van der Waals surface area contributed by atoms with Crippen LogP contribution in [0.3, 0.4) is 0 Å². The van der Waals surface area contributed by atoms with Gasteiger partial charge in [-0.1, -0.05) is 18.6 Å². The molecule has 1 saturated heterocycles. The van der Waals surface area contributed by atoms with Crippen LogP contribution in [0.2, 0.25) is 0 Å². The first-order valence-corrected chi connectivity index (χ1v) is 8.86. The number of rotatable bonds is 4. The van der Waals surface area contributed by atoms with Crippen LogP contribution in [0.4, 0.5) is 0 Å². The lowest BCUT2D eigenvalue weighted by atomic mass is 9.79. The molecule has 2 aliphatic carbocycles. The van der Waals surface area contributed by atoms with Gasteiger partial charge in [0, 0.05) is 12.8 Å². The lowest BCUT2D eigenvalue weighted by Crippen LogP contribution is -2.34. The topological polar surface area (TPSA) is 44.8 Å². The van der Waals surface area contributed by atoms with E-state index in [0.717, 1.165) is 32.1 Å². The fraction of sp³-hybridized carbons (Fsp3) is 0.833. The van der Waals surface area contributed by atoms with Crippen LogP contribution in [0, 0.1) is 11.8 Å². The molecule has 124 valence electrons. The van der Waals surface area contributed by atoms with Crippen molar-refractivity contribution in [2.75, 3.05) is 13.2 Å². The second-order valence-corrected chi connectivity index (χ2v) is 6.82. The molecule has 0 aromatic heterocycles. The van der Waals surface area contributed by atoms with Gasteiger partial charge in [0.25, 0.3) is 0 Å². The van der Waals surface area contributed by atoms with E-state index >= 15 is 0 Å². The Labute approximate surface area is 133 Å². The molecule has 1 spiro atoms. The zero-order valence-electron chi connectivity index (χ0n) is 13.6. The standard InChI is InChI=1S/C18H28O4/c1-2-20-17(19)16-9-5-4-8-14(16)12-15-13-21-18(22-15)10-6-3-7-11-18/h4-5,14-16H,2-3,6-13H2,1H3/t14-,15-,16+/m0/s1. The maximum absolute atomic E-state index is 12.1. The molecule has 0 bridgehead atoms. The van der Waals surface area contributed by atoms with Gasteiger partial charge in [0.15, 0.2) is 5.79 Å². The number of carbonyl (C=O) groups is 1. The Bertz CT molecular complexity index is 411. The van der Waals surface area contributed by atoms with Crippen LogP contribution in [-0.2, 0) is 19.0 Å². The Kier molecular flexibility index (Phi) is 5.19. The van der Waals surface area contributed by atoms with Gasteiger partial charge in [-0.05, 0) is 44.9 Å². The fourth-order valence-corrected chi connectivity index (χ4v) is 4.09. The van der Waals surface area contributed by atoms with Crippen LogP contribution in [0.1, 0.15) is 58.3 Å². The second kappa shape index (κ2) is 7.14. The Morgan fingerprint density at radius 3 is 2.77 bits per heavy atom. The van der Waals surface area contributed by atoms with Gasteiger partial charge in [0.1, 0.15) is 0 Å². The van der Waals surface area contributed by atoms with E-state index < -0.39 is 0 Å². The minimum atomic E-state index is -0.313. The van der Waals surface area contributed by atoms with Crippen LogP contribution in [-0.4, -0.2) is 31.1 Å². The number of esters is 1. The zero-order valence-corrected chi connectivity index (χ0v) is 13.6. The van der Waals surface area contributed by atoms with Crippen molar-refractivity contribution in [1.29, 1.82) is 0 Å². The van der Waals surface area contributed by atoms with Crippen molar-refractivity contribution in [3.05, 3.63) is 12.2 Å². The van der Waals surface area contributed by atoms with Crippen LogP contribution in [0.15, 0.2) is 12.2 Å². The van der Waals surface area contributed by atoms with E-state index in [2.05, 4.69) is 12.2 Å². The summed E-state index contributed by atoms with van der Waals surface area (Å²) in [6, 6.07) is 0. The zero-order chi connectivity index (χ0) is 15.4. The largest absolute Gasteiger partial charge is 0.466 e. The molecule has 4 heteroatoms. The summed E-state index contributed by atoms with van der Waals surface area (Å²) >= 11 is 0. The van der Waals surface area contributed by atoms with Crippen molar-refractivity contribution in [3.8, 4) is 0 Å². The van der Waals surface area contributed by atoms with Crippen LogP contribution in [0.25, 0.3) is 0 Å². The summed E-state index contributed by atoms with van der Waals surface area (Å²) in [7, 11) is 0. The molecule has 0 N–H and O–H groups in total. The van der Waals surface area contributed by atoms with E-state index in [0.29, 0.717) is 19.1 Å². The maximum Gasteiger partial charge on any atom is 0.309 e. The molecule has 2 fully saturated rings. The lowest BCUT2D eigenvalue weighted by molar-refractivity contribution is -0.188. The molecule has 1 heterocycles. The molecule has 22 heavy (non-hydrogen) atoms. The van der Waals surface area contributed by atoms with Crippen LogP contribution < -0.4 is 0 Å². The van der Waals surface area contributed by atoms with Crippen molar-refractivity contribution < 1.29 is 19.0 Å². The van der Waals surface area contributed by atoms with Gasteiger partial charge in [-0.15, -0.1) is 0 Å². The van der Waals surface area contributed by atoms with E-state index in [1.807, 2.05) is 6.92 Å². The first kappa shape index (κ1) is 16.0. The van der Waals surface area contributed by atoms with E-state index in [-0.39, 0.29) is 23.8 Å². The number of ether oxygens (including phenoxy) is 3. The monoisotopic (exact) mass is 308 g/mol. The summed E-state index contributed by atoms with van der Waals surface area (Å²) < 4.78 is 17.5. The molecule has 1 saturated carbocycles. The minimum Gasteiger partial charge on any atom is -0.466 e. The summed E-state index contributed by atoms with van der Waals surface area (Å²) in [5.41, 5.74) is 0. The molecule has 0 unspecified atom stereocenters. The van der Waals surface area contributed by atoms with Gasteiger partial charge in [-0.3, -0.25) is 4.79 Å². The lowest BCUT2D eigenvalue weighted by Gasteiger charge is -2.33. The molecule has 0 aromatic rings. The minimum absolute atomic E-state index is 0.0172. The highest BCUT2D eigenvalue weighted by molar-refractivity contribution is 5.73. The number of hydrogen-bond donors (Lipinski definition) is 0. The molecular formula is C18H28O4. The smallest absolute Gasteiger partial charge is 0.309 e. The summed E-state index contributed by atoms with van der Waals surface area (Å²) in [6.45, 7) is 3.00. The molecule has 0 radical (unpaired) electrons. The van der Waals surface area contributed by atoms with Crippen LogP contribution in [0.5, 0.6) is 0 Å². The van der Waals surface area contributed by atoms with Gasteiger partial charge >= 0.3 is 5.97 Å². The van der Waals surface area contributed by atoms with E-state index in [4.69, 9.17) is 14.2 Å². The molecular weight excluding hydrogens is 280 g/mol. The summed E-state index contributed by atoms with van der Waals surface area (Å²) in [5, 5.41) is 0. The molecule has 0 amide bonds. The highest BCUT2D eigenvalue weighted by Gasteiger charge is 2.43. The first-order valence-electron chi connectivity index (χ1n) is 8.86. The Balaban J connectivity index is 1.57. The third-order valence-corrected chi connectivity index (χ3v) is 5.25. The highest BCUT2D eigenvalue weighted by atomic mass is 16.7. The van der Waals surface area contributed by atoms with E-state index in [9.17, 15) is 4.79 Å². The molecule has 0 aromatic carbocycles. The van der Waals surface area contributed by atoms with Crippen molar-refractivity contribution >= 4 is 5.97 Å². The third-order valence-electron chi connectivity index (χ3n) is 5.25. The molecule has 4 nitrogen and oxygen atoms in total. The SMILES string of the molecule is CCOC(=O)[C@@H]1CC=CC[C@H]1C[C@H]1COC2(CCCCC2)O1. The van der Waals surface area contributed by atoms with Gasteiger partial charge in [-0.2, -0.15) is 0 Å². The Morgan fingerprint density at radius 1 is 1.23 bits per heavy atom. The van der Waals surface area contributed by atoms with Crippen molar-refractivity contribution in [2.45, 2.75) is 70.2 Å². The average Bonchev–Trinajstić information content (AvgIpc) is 2.91. The van der Waals surface area contributed by atoms with E-state index in [1.54, 1.807) is 0 Å². The maximum atomic E-state index is 12.1. The molecule has 1 aliphatic heterocycles. The number of hydrogen-bond acceptors (Lipinski definition) is 4. The van der Waals surface area contributed by atoms with Gasteiger partial charge in [0.05, 0.1) is 25.2 Å². The normalized spacial score (nSPS) is 34.0. The quantitative estimate of drug-likeness (QED) is 0.588. The number of carbonyl (C=O) groups excluding carboxylic acids is 1. The Morgan fingerprint density at radius 2 is 2.00 bits per heavy atom. The van der Waals surface area contributed by atoms with Gasteiger partial charge < -0.3 is 14.2 Å². The molecule has 3 atom stereocenters. The fourth-order valence-electron chi connectivity index (χ4n) is 4.09. The molecule has 3 aliphatic rings. The predicted molar refractivity (Wildman–Crippen MR) is 83.2 cm³/mol. The van der Waals surface area contributed by atoms with E-state index in [1.165, 1.54) is 19.3 Å². The predicted octanol–water partition coefficient (Wildman–Crippen LogP) is 3.60. The first-order chi connectivity index (χ1) is 10.7. The number of allylic oxidation sites excluding steroid dienone is 2. The van der Waals surface area contributed by atoms with Crippen molar-refractivity contribution in [3.63, 3.8) is 0 Å². The average molecular weight is 308 g/mol. The summed E-state index contributed by atoms with van der Waals surface area (Å²) in [4.78, 5) is 12.1. The van der Waals surface area contributed by atoms with Crippen molar-refractivity contribution in [1.82, 2.24) is 0 Å². The Hall–Kier alpha value is -0.870. The van der Waals surface area contributed by atoms with Crippen LogP contribution >= 0.6 is 0 Å². The third kappa shape index (κ3) is 3.54. The second-order valence-electron chi connectivity index (χ2n) is 6.82. The molecule has 3 rings (SSSR count). The summed E-state index contributed by atoms with van der Waals surface area (Å²) in [5.74, 6) is -0.0664.